The van der Waals surface area contributed by atoms with Crippen LogP contribution < -0.4 is 15.4 Å². The van der Waals surface area contributed by atoms with Crippen LogP contribution in [0.15, 0.2) is 66.9 Å². The van der Waals surface area contributed by atoms with E-state index < -0.39 is 0 Å². The van der Waals surface area contributed by atoms with Crippen LogP contribution in [0.4, 0.5) is 11.4 Å². The number of aromatic nitrogens is 1. The maximum absolute atomic E-state index is 12.5. The first-order valence-electron chi connectivity index (χ1n) is 9.42. The molecule has 0 atom stereocenters. The Labute approximate surface area is 165 Å². The summed E-state index contributed by atoms with van der Waals surface area (Å²) in [5, 5.41) is 6.27. The Hall–Kier alpha value is -3.34. The summed E-state index contributed by atoms with van der Waals surface area (Å²) in [5.41, 5.74) is 4.35. The minimum absolute atomic E-state index is 0.207. The average Bonchev–Trinajstić information content (AvgIpc) is 2.75. The first-order valence-corrected chi connectivity index (χ1v) is 9.42. The van der Waals surface area contributed by atoms with Crippen LogP contribution >= 0.6 is 0 Å². The van der Waals surface area contributed by atoms with Gasteiger partial charge in [0.1, 0.15) is 11.4 Å². The van der Waals surface area contributed by atoms with Crippen molar-refractivity contribution >= 4 is 17.3 Å². The second kappa shape index (κ2) is 9.55. The van der Waals surface area contributed by atoms with E-state index in [2.05, 4.69) is 28.6 Å². The molecule has 0 fully saturated rings. The summed E-state index contributed by atoms with van der Waals surface area (Å²) in [6.07, 6.45) is 3.38. The molecule has 0 saturated carbocycles. The fraction of sp³-hybridized carbons (Fsp3) is 0.217. The van der Waals surface area contributed by atoms with E-state index in [1.807, 2.05) is 48.5 Å². The first kappa shape index (κ1) is 19.4. The van der Waals surface area contributed by atoms with Crippen LogP contribution in [0, 0.1) is 0 Å². The first-order chi connectivity index (χ1) is 13.7. The van der Waals surface area contributed by atoms with Gasteiger partial charge in [-0.15, -0.1) is 0 Å². The van der Waals surface area contributed by atoms with Crippen LogP contribution in [-0.4, -0.2) is 24.5 Å². The van der Waals surface area contributed by atoms with E-state index >= 15 is 0 Å². The minimum atomic E-state index is -0.207. The van der Waals surface area contributed by atoms with Crippen molar-refractivity contribution < 1.29 is 9.53 Å². The third kappa shape index (κ3) is 4.88. The second-order valence-corrected chi connectivity index (χ2v) is 6.39. The SMILES string of the molecule is CCc1ccccc1NC(=O)c1ccc(NCCc2ccccc2OC)cn1. The summed E-state index contributed by atoms with van der Waals surface area (Å²) >= 11 is 0. The molecular formula is C23H25N3O2. The largest absolute Gasteiger partial charge is 0.496 e. The number of amides is 1. The maximum atomic E-state index is 12.5. The van der Waals surface area contributed by atoms with Crippen LogP contribution in [0.2, 0.25) is 0 Å². The van der Waals surface area contributed by atoms with Crippen molar-refractivity contribution in [3.05, 3.63) is 83.7 Å². The van der Waals surface area contributed by atoms with E-state index in [0.29, 0.717) is 5.69 Å². The molecule has 3 rings (SSSR count). The molecule has 0 aliphatic rings. The number of pyridine rings is 1. The summed E-state index contributed by atoms with van der Waals surface area (Å²) in [6, 6.07) is 19.4. The predicted octanol–water partition coefficient (Wildman–Crippen LogP) is 4.56. The second-order valence-electron chi connectivity index (χ2n) is 6.39. The summed E-state index contributed by atoms with van der Waals surface area (Å²) in [6.45, 7) is 2.81. The molecule has 2 aromatic carbocycles. The molecule has 0 aliphatic carbocycles. The molecule has 0 unspecified atom stereocenters. The molecule has 2 N–H and O–H groups in total. The predicted molar refractivity (Wildman–Crippen MR) is 113 cm³/mol. The van der Waals surface area contributed by atoms with Crippen LogP contribution in [0.3, 0.4) is 0 Å². The smallest absolute Gasteiger partial charge is 0.274 e. The average molecular weight is 375 g/mol. The van der Waals surface area contributed by atoms with Crippen molar-refractivity contribution in [3.63, 3.8) is 0 Å². The van der Waals surface area contributed by atoms with Gasteiger partial charge in [0.25, 0.3) is 5.91 Å². The number of hydrogen-bond donors (Lipinski definition) is 2. The zero-order valence-corrected chi connectivity index (χ0v) is 16.2. The molecule has 0 radical (unpaired) electrons. The molecule has 5 nitrogen and oxygen atoms in total. The number of methoxy groups -OCH3 is 1. The highest BCUT2D eigenvalue weighted by atomic mass is 16.5. The number of carbonyl (C=O) groups is 1. The lowest BCUT2D eigenvalue weighted by Gasteiger charge is -2.11. The Morgan fingerprint density at radius 3 is 2.46 bits per heavy atom. The van der Waals surface area contributed by atoms with Gasteiger partial charge in [-0.25, -0.2) is 4.98 Å². The van der Waals surface area contributed by atoms with E-state index in [-0.39, 0.29) is 5.91 Å². The lowest BCUT2D eigenvalue weighted by molar-refractivity contribution is 0.102. The molecule has 28 heavy (non-hydrogen) atoms. The molecule has 1 aromatic heterocycles. The number of nitrogens with one attached hydrogen (secondary N) is 2. The zero-order chi connectivity index (χ0) is 19.8. The number of aryl methyl sites for hydroxylation is 1. The van der Waals surface area contributed by atoms with Gasteiger partial charge in [0.05, 0.1) is 19.0 Å². The monoisotopic (exact) mass is 375 g/mol. The van der Waals surface area contributed by atoms with Gasteiger partial charge in [-0.3, -0.25) is 4.79 Å². The minimum Gasteiger partial charge on any atom is -0.496 e. The molecule has 144 valence electrons. The molecule has 0 bridgehead atoms. The maximum Gasteiger partial charge on any atom is 0.274 e. The van der Waals surface area contributed by atoms with Gasteiger partial charge in [-0.05, 0) is 48.2 Å². The van der Waals surface area contributed by atoms with Gasteiger partial charge in [0.15, 0.2) is 0 Å². The molecule has 1 amide bonds. The summed E-state index contributed by atoms with van der Waals surface area (Å²) < 4.78 is 5.37. The number of hydrogen-bond acceptors (Lipinski definition) is 4. The molecule has 1 heterocycles. The number of anilines is 2. The molecule has 0 saturated heterocycles. The van der Waals surface area contributed by atoms with Gasteiger partial charge in [-0.1, -0.05) is 43.3 Å². The van der Waals surface area contributed by atoms with Crippen LogP contribution in [0.5, 0.6) is 5.75 Å². The lowest BCUT2D eigenvalue weighted by atomic mass is 10.1. The Morgan fingerprint density at radius 2 is 1.75 bits per heavy atom. The topological polar surface area (TPSA) is 63.2 Å². The van der Waals surface area contributed by atoms with Gasteiger partial charge in [-0.2, -0.15) is 0 Å². The summed E-state index contributed by atoms with van der Waals surface area (Å²) in [5.74, 6) is 0.684. The molecule has 3 aromatic rings. The highest BCUT2D eigenvalue weighted by Crippen LogP contribution is 2.19. The van der Waals surface area contributed by atoms with Crippen molar-refractivity contribution in [2.45, 2.75) is 19.8 Å². The number of benzene rings is 2. The molecule has 0 aliphatic heterocycles. The van der Waals surface area contributed by atoms with E-state index in [4.69, 9.17) is 4.74 Å². The third-order valence-corrected chi connectivity index (χ3v) is 4.56. The highest BCUT2D eigenvalue weighted by Gasteiger charge is 2.09. The molecular weight excluding hydrogens is 350 g/mol. The summed E-state index contributed by atoms with van der Waals surface area (Å²) in [4.78, 5) is 16.7. The van der Waals surface area contributed by atoms with E-state index in [9.17, 15) is 4.79 Å². The number of rotatable bonds is 8. The van der Waals surface area contributed by atoms with Crippen LogP contribution in [-0.2, 0) is 12.8 Å². The van der Waals surface area contributed by atoms with Crippen molar-refractivity contribution in [2.24, 2.45) is 0 Å². The van der Waals surface area contributed by atoms with Crippen molar-refractivity contribution in [3.8, 4) is 5.75 Å². The fourth-order valence-corrected chi connectivity index (χ4v) is 3.02. The van der Waals surface area contributed by atoms with Crippen molar-refractivity contribution in [1.82, 2.24) is 4.98 Å². The Morgan fingerprint density at radius 1 is 1.00 bits per heavy atom. The van der Waals surface area contributed by atoms with E-state index in [1.54, 1.807) is 19.4 Å². The third-order valence-electron chi connectivity index (χ3n) is 4.56. The Kier molecular flexibility index (Phi) is 6.63. The van der Waals surface area contributed by atoms with E-state index in [1.165, 1.54) is 0 Å². The van der Waals surface area contributed by atoms with Gasteiger partial charge in [0, 0.05) is 12.2 Å². The van der Waals surface area contributed by atoms with Gasteiger partial charge >= 0.3 is 0 Å². The quantitative estimate of drug-likeness (QED) is 0.606. The summed E-state index contributed by atoms with van der Waals surface area (Å²) in [7, 11) is 1.68. The molecule has 0 spiro atoms. The van der Waals surface area contributed by atoms with Crippen molar-refractivity contribution in [1.29, 1.82) is 0 Å². The number of carbonyl (C=O) groups excluding carboxylic acids is 1. The number of para-hydroxylation sites is 2. The van der Waals surface area contributed by atoms with Crippen LogP contribution in [0.25, 0.3) is 0 Å². The number of ether oxygens (including phenoxy) is 1. The molecule has 5 heteroatoms. The Bertz CT molecular complexity index is 923. The van der Waals surface area contributed by atoms with Gasteiger partial charge in [0.2, 0.25) is 0 Å². The van der Waals surface area contributed by atoms with Crippen LogP contribution in [0.1, 0.15) is 28.5 Å². The Balaban J connectivity index is 1.56. The standard InChI is InChI=1S/C23H25N3O2/c1-3-17-8-4-6-10-20(17)26-23(27)21-13-12-19(16-25-21)24-15-14-18-9-5-7-11-22(18)28-2/h4-13,16,24H,3,14-15H2,1-2H3,(H,26,27). The van der Waals surface area contributed by atoms with Crippen molar-refractivity contribution in [2.75, 3.05) is 24.3 Å². The highest BCUT2D eigenvalue weighted by molar-refractivity contribution is 6.03. The fourth-order valence-electron chi connectivity index (χ4n) is 3.02. The zero-order valence-electron chi connectivity index (χ0n) is 16.2. The lowest BCUT2D eigenvalue weighted by Crippen LogP contribution is -2.15. The number of nitrogens with zero attached hydrogens (tertiary/aromatic N) is 1. The van der Waals surface area contributed by atoms with Gasteiger partial charge < -0.3 is 15.4 Å². The normalized spacial score (nSPS) is 10.4. The van der Waals surface area contributed by atoms with E-state index in [0.717, 1.165) is 47.6 Å².